The Hall–Kier alpha value is -3.40. The molecule has 7 heteroatoms. The van der Waals surface area contributed by atoms with Gasteiger partial charge in [0.25, 0.3) is 0 Å². The SMILES string of the molecule is [C-]#[N+]C1=C(C)NC(C)=C(C(=O)OC(C)C)C1c1ccc(F)c2c(=O)cc(C)oc12. The maximum atomic E-state index is 14.4. The number of allylic oxidation sites excluding steroid dienone is 3. The highest BCUT2D eigenvalue weighted by atomic mass is 19.1. The van der Waals surface area contributed by atoms with E-state index in [0.29, 0.717) is 22.7 Å². The summed E-state index contributed by atoms with van der Waals surface area (Å²) < 4.78 is 25.6. The number of ether oxygens (including phenoxy) is 1. The lowest BCUT2D eigenvalue weighted by Gasteiger charge is -2.29. The number of fused-ring (bicyclic) bond motifs is 1. The first-order valence-electron chi connectivity index (χ1n) is 9.15. The van der Waals surface area contributed by atoms with Crippen molar-refractivity contribution in [3.8, 4) is 0 Å². The van der Waals surface area contributed by atoms with Gasteiger partial charge in [-0.1, -0.05) is 6.07 Å². The Morgan fingerprint density at radius 1 is 1.28 bits per heavy atom. The van der Waals surface area contributed by atoms with E-state index < -0.39 is 23.1 Å². The maximum Gasteiger partial charge on any atom is 0.335 e. The quantitative estimate of drug-likeness (QED) is 0.618. The molecule has 3 rings (SSSR count). The molecule has 1 N–H and O–H groups in total. The molecule has 29 heavy (non-hydrogen) atoms. The third-order valence-corrected chi connectivity index (χ3v) is 4.70. The van der Waals surface area contributed by atoms with Crippen LogP contribution in [0.3, 0.4) is 0 Å². The molecule has 6 nitrogen and oxygen atoms in total. The van der Waals surface area contributed by atoms with Gasteiger partial charge in [0, 0.05) is 17.5 Å². The Kier molecular flexibility index (Phi) is 5.29. The van der Waals surface area contributed by atoms with Crippen molar-refractivity contribution in [2.45, 2.75) is 46.6 Å². The van der Waals surface area contributed by atoms with Gasteiger partial charge in [0.05, 0.1) is 24.2 Å². The zero-order valence-electron chi connectivity index (χ0n) is 16.8. The van der Waals surface area contributed by atoms with Crippen LogP contribution in [0.4, 0.5) is 4.39 Å². The summed E-state index contributed by atoms with van der Waals surface area (Å²) in [6.07, 6.45) is -0.364. The highest BCUT2D eigenvalue weighted by Crippen LogP contribution is 2.42. The van der Waals surface area contributed by atoms with E-state index in [1.807, 2.05) is 0 Å². The van der Waals surface area contributed by atoms with Gasteiger partial charge in [-0.3, -0.25) is 4.79 Å². The van der Waals surface area contributed by atoms with Crippen molar-refractivity contribution in [3.63, 3.8) is 0 Å². The molecule has 1 atom stereocenters. The van der Waals surface area contributed by atoms with E-state index in [-0.39, 0.29) is 28.3 Å². The Morgan fingerprint density at radius 2 is 1.97 bits per heavy atom. The van der Waals surface area contributed by atoms with Crippen LogP contribution in [0.15, 0.2) is 50.1 Å². The molecule has 0 aliphatic carbocycles. The van der Waals surface area contributed by atoms with E-state index in [4.69, 9.17) is 15.7 Å². The fourth-order valence-corrected chi connectivity index (χ4v) is 3.57. The van der Waals surface area contributed by atoms with Crippen molar-refractivity contribution >= 4 is 16.9 Å². The topological polar surface area (TPSA) is 72.9 Å². The lowest BCUT2D eigenvalue weighted by atomic mass is 9.83. The summed E-state index contributed by atoms with van der Waals surface area (Å²) in [7, 11) is 0. The fraction of sp³-hybridized carbons (Fsp3) is 0.318. The van der Waals surface area contributed by atoms with Crippen LogP contribution >= 0.6 is 0 Å². The minimum Gasteiger partial charge on any atom is -0.461 e. The zero-order valence-corrected chi connectivity index (χ0v) is 16.8. The number of benzene rings is 1. The number of nitrogens with zero attached hydrogens (tertiary/aromatic N) is 1. The summed E-state index contributed by atoms with van der Waals surface area (Å²) >= 11 is 0. The van der Waals surface area contributed by atoms with Gasteiger partial charge in [0.1, 0.15) is 22.5 Å². The highest BCUT2D eigenvalue weighted by Gasteiger charge is 2.37. The van der Waals surface area contributed by atoms with Gasteiger partial charge in [0.15, 0.2) is 11.1 Å². The highest BCUT2D eigenvalue weighted by molar-refractivity contribution is 5.94. The standard InChI is InChI=1S/C22H21FN2O4/c1-10(2)28-22(27)17-12(4)25-13(5)20(24-6)18(17)14-7-8-15(23)19-16(26)9-11(3)29-21(14)19/h7-10,18,25H,1-5H3. The molecule has 150 valence electrons. The van der Waals surface area contributed by atoms with Gasteiger partial charge in [-0.2, -0.15) is 0 Å². The number of aryl methyl sites for hydroxylation is 1. The molecule has 2 aromatic rings. The largest absolute Gasteiger partial charge is 0.461 e. The Bertz CT molecular complexity index is 1180. The van der Waals surface area contributed by atoms with E-state index in [9.17, 15) is 14.0 Å². The summed E-state index contributed by atoms with van der Waals surface area (Å²) in [6.45, 7) is 16.1. The van der Waals surface area contributed by atoms with Crippen molar-refractivity contribution in [2.75, 3.05) is 0 Å². The number of esters is 1. The van der Waals surface area contributed by atoms with Gasteiger partial charge in [-0.25, -0.2) is 14.0 Å². The molecular weight excluding hydrogens is 375 g/mol. The van der Waals surface area contributed by atoms with Crippen LogP contribution in [0.1, 0.15) is 44.9 Å². The van der Waals surface area contributed by atoms with Crippen LogP contribution < -0.4 is 10.7 Å². The second kappa shape index (κ2) is 7.55. The minimum atomic E-state index is -0.854. The van der Waals surface area contributed by atoms with Gasteiger partial charge in [-0.15, -0.1) is 0 Å². The van der Waals surface area contributed by atoms with Crippen molar-refractivity contribution in [1.29, 1.82) is 0 Å². The lowest BCUT2D eigenvalue weighted by molar-refractivity contribution is -0.143. The first kappa shape index (κ1) is 20.3. The van der Waals surface area contributed by atoms with Crippen molar-refractivity contribution in [2.24, 2.45) is 0 Å². The van der Waals surface area contributed by atoms with Crippen LogP contribution in [0, 0.1) is 19.3 Å². The normalized spacial score (nSPS) is 16.8. The van der Waals surface area contributed by atoms with Crippen LogP contribution in [-0.4, -0.2) is 12.1 Å². The molecule has 0 saturated heterocycles. The van der Waals surface area contributed by atoms with Crippen LogP contribution in [0.25, 0.3) is 15.8 Å². The fourth-order valence-electron chi connectivity index (χ4n) is 3.57. The average Bonchev–Trinajstić information content (AvgIpc) is 2.60. The zero-order chi connectivity index (χ0) is 21.5. The van der Waals surface area contributed by atoms with E-state index >= 15 is 0 Å². The molecule has 0 radical (unpaired) electrons. The van der Waals surface area contributed by atoms with Gasteiger partial charge < -0.3 is 14.5 Å². The van der Waals surface area contributed by atoms with Crippen molar-refractivity contribution in [1.82, 2.24) is 5.32 Å². The summed E-state index contributed by atoms with van der Waals surface area (Å²) in [4.78, 5) is 28.9. The van der Waals surface area contributed by atoms with Gasteiger partial charge in [0.2, 0.25) is 0 Å². The van der Waals surface area contributed by atoms with Crippen LogP contribution in [-0.2, 0) is 9.53 Å². The second-order valence-corrected chi connectivity index (χ2v) is 7.23. The van der Waals surface area contributed by atoms with Gasteiger partial charge >= 0.3 is 5.97 Å². The van der Waals surface area contributed by atoms with E-state index in [1.54, 1.807) is 34.6 Å². The number of hydrogen-bond donors (Lipinski definition) is 1. The first-order chi connectivity index (χ1) is 13.6. The number of rotatable bonds is 3. The molecule has 0 bridgehead atoms. The molecule has 0 spiro atoms. The Balaban J connectivity index is 2.37. The van der Waals surface area contributed by atoms with Crippen molar-refractivity contribution < 1.29 is 18.3 Å². The Morgan fingerprint density at radius 3 is 2.59 bits per heavy atom. The summed E-state index contributed by atoms with van der Waals surface area (Å²) in [6, 6.07) is 3.82. The number of hydrogen-bond acceptors (Lipinski definition) is 5. The third kappa shape index (κ3) is 3.54. The third-order valence-electron chi connectivity index (χ3n) is 4.70. The molecule has 1 aromatic heterocycles. The summed E-state index contributed by atoms with van der Waals surface area (Å²) in [5.41, 5.74) is 1.45. The summed E-state index contributed by atoms with van der Waals surface area (Å²) in [5.74, 6) is -1.85. The van der Waals surface area contributed by atoms with E-state index in [0.717, 1.165) is 6.07 Å². The molecule has 1 aromatic carbocycles. The molecule has 1 unspecified atom stereocenters. The summed E-state index contributed by atoms with van der Waals surface area (Å²) in [5, 5.41) is 2.84. The predicted molar refractivity (Wildman–Crippen MR) is 106 cm³/mol. The Labute approximate surface area is 167 Å². The minimum absolute atomic E-state index is 0.0264. The van der Waals surface area contributed by atoms with Crippen LogP contribution in [0.5, 0.6) is 0 Å². The van der Waals surface area contributed by atoms with Crippen LogP contribution in [0.2, 0.25) is 0 Å². The molecule has 0 amide bonds. The van der Waals surface area contributed by atoms with Crippen molar-refractivity contribution in [3.05, 3.63) is 79.6 Å². The van der Waals surface area contributed by atoms with E-state index in [2.05, 4.69) is 10.2 Å². The number of carbonyl (C=O) groups is 1. The second-order valence-electron chi connectivity index (χ2n) is 7.23. The number of nitrogens with one attached hydrogen (secondary N) is 1. The predicted octanol–water partition coefficient (Wildman–Crippen LogP) is 4.30. The number of dihydropyridines is 1. The molecule has 1 aliphatic rings. The monoisotopic (exact) mass is 396 g/mol. The number of halogens is 1. The molecule has 2 heterocycles. The first-order valence-corrected chi connectivity index (χ1v) is 9.15. The van der Waals surface area contributed by atoms with E-state index in [1.165, 1.54) is 12.1 Å². The van der Waals surface area contributed by atoms with Gasteiger partial charge in [-0.05, 0) is 46.2 Å². The molecule has 1 aliphatic heterocycles. The lowest BCUT2D eigenvalue weighted by Crippen LogP contribution is -2.29. The number of carbonyl (C=O) groups excluding carboxylic acids is 1. The maximum absolute atomic E-state index is 14.4. The molecule has 0 saturated carbocycles. The smallest absolute Gasteiger partial charge is 0.335 e. The molecular formula is C22H21FN2O4. The molecule has 0 fully saturated rings. The average molecular weight is 396 g/mol.